The van der Waals surface area contributed by atoms with Crippen molar-refractivity contribution in [2.45, 2.75) is 58.1 Å². The standard InChI is InChI=1S/C21H29NO7/c1-21(2,3)29-20(25)22-14-8-6-13(7-9-14)18(23)28-15-10-11-16(19(24)27-5)17(12-15)26-4/h10-14H,6-9H2,1-5H3,(H,22,25)/t13-,14+. The molecule has 2 rings (SSSR count). The lowest BCUT2D eigenvalue weighted by Gasteiger charge is -2.29. The van der Waals surface area contributed by atoms with Gasteiger partial charge in [0.05, 0.1) is 20.1 Å². The number of ether oxygens (including phenoxy) is 4. The number of nitrogens with one attached hydrogen (secondary N) is 1. The van der Waals surface area contributed by atoms with E-state index in [1.807, 2.05) is 20.8 Å². The van der Waals surface area contributed by atoms with E-state index in [4.69, 9.17) is 18.9 Å². The average Bonchev–Trinajstić information content (AvgIpc) is 2.66. The number of benzene rings is 1. The Morgan fingerprint density at radius 3 is 2.24 bits per heavy atom. The van der Waals surface area contributed by atoms with Crippen molar-refractivity contribution in [2.75, 3.05) is 14.2 Å². The normalized spacial score (nSPS) is 19.1. The predicted octanol–water partition coefficient (Wildman–Crippen LogP) is 3.47. The zero-order chi connectivity index (χ0) is 21.6. The lowest BCUT2D eigenvalue weighted by atomic mass is 9.86. The highest BCUT2D eigenvalue weighted by Gasteiger charge is 2.29. The van der Waals surface area contributed by atoms with Crippen LogP contribution in [0.25, 0.3) is 0 Å². The first kappa shape index (κ1) is 22.5. The van der Waals surface area contributed by atoms with Crippen molar-refractivity contribution < 1.29 is 33.3 Å². The third-order valence-corrected chi connectivity index (χ3v) is 4.58. The van der Waals surface area contributed by atoms with Gasteiger partial charge in [0.15, 0.2) is 0 Å². The Labute approximate surface area is 170 Å². The molecule has 160 valence electrons. The maximum atomic E-state index is 12.5. The minimum atomic E-state index is -0.546. The maximum Gasteiger partial charge on any atom is 0.407 e. The molecule has 0 atom stereocenters. The SMILES string of the molecule is COC(=O)c1ccc(OC(=O)[C@H]2CC[C@@H](NC(=O)OC(C)(C)C)CC2)cc1OC. The Morgan fingerprint density at radius 2 is 1.69 bits per heavy atom. The zero-order valence-electron chi connectivity index (χ0n) is 17.6. The van der Waals surface area contributed by atoms with Crippen molar-refractivity contribution in [1.82, 2.24) is 5.32 Å². The molecule has 0 unspecified atom stereocenters. The third kappa shape index (κ3) is 6.66. The third-order valence-electron chi connectivity index (χ3n) is 4.58. The van der Waals surface area contributed by atoms with Crippen LogP contribution in [0.1, 0.15) is 56.8 Å². The van der Waals surface area contributed by atoms with Crippen LogP contribution in [-0.2, 0) is 14.3 Å². The first-order valence-corrected chi connectivity index (χ1v) is 9.60. The fourth-order valence-electron chi connectivity index (χ4n) is 3.16. The predicted molar refractivity (Wildman–Crippen MR) is 105 cm³/mol. The monoisotopic (exact) mass is 407 g/mol. The second kappa shape index (κ2) is 9.62. The molecule has 1 aliphatic carbocycles. The fraction of sp³-hybridized carbons (Fsp3) is 0.571. The molecule has 1 N–H and O–H groups in total. The molecule has 29 heavy (non-hydrogen) atoms. The van der Waals surface area contributed by atoms with Crippen molar-refractivity contribution >= 4 is 18.0 Å². The van der Waals surface area contributed by atoms with Crippen LogP contribution in [0.4, 0.5) is 4.79 Å². The van der Waals surface area contributed by atoms with Gasteiger partial charge in [-0.3, -0.25) is 4.79 Å². The second-order valence-electron chi connectivity index (χ2n) is 7.97. The van der Waals surface area contributed by atoms with Gasteiger partial charge in [-0.2, -0.15) is 0 Å². The summed E-state index contributed by atoms with van der Waals surface area (Å²) in [5.41, 5.74) is -0.293. The quantitative estimate of drug-likeness (QED) is 0.589. The minimum Gasteiger partial charge on any atom is -0.496 e. The molecule has 0 heterocycles. The zero-order valence-corrected chi connectivity index (χ0v) is 17.6. The maximum absolute atomic E-state index is 12.5. The molecule has 0 aromatic heterocycles. The summed E-state index contributed by atoms with van der Waals surface area (Å²) < 4.78 is 20.6. The van der Waals surface area contributed by atoms with Gasteiger partial charge in [-0.05, 0) is 58.6 Å². The molecular weight excluding hydrogens is 378 g/mol. The van der Waals surface area contributed by atoms with Crippen molar-refractivity contribution in [1.29, 1.82) is 0 Å². The molecule has 1 aromatic carbocycles. The van der Waals surface area contributed by atoms with Crippen LogP contribution in [0.3, 0.4) is 0 Å². The molecule has 1 fully saturated rings. The second-order valence-corrected chi connectivity index (χ2v) is 7.97. The highest BCUT2D eigenvalue weighted by molar-refractivity contribution is 5.92. The first-order chi connectivity index (χ1) is 13.6. The number of esters is 2. The molecule has 1 saturated carbocycles. The molecule has 1 aliphatic rings. The van der Waals surface area contributed by atoms with Crippen molar-refractivity contribution in [3.05, 3.63) is 23.8 Å². The number of alkyl carbamates (subject to hydrolysis) is 1. The minimum absolute atomic E-state index is 0.0201. The van der Waals surface area contributed by atoms with Crippen LogP contribution in [0.15, 0.2) is 18.2 Å². The molecule has 8 heteroatoms. The largest absolute Gasteiger partial charge is 0.496 e. The number of carbonyl (C=O) groups is 3. The van der Waals surface area contributed by atoms with Crippen molar-refractivity contribution in [3.8, 4) is 11.5 Å². The Balaban J connectivity index is 1.88. The molecular formula is C21H29NO7. The van der Waals surface area contributed by atoms with Gasteiger partial charge in [-0.1, -0.05) is 0 Å². The van der Waals surface area contributed by atoms with Crippen LogP contribution >= 0.6 is 0 Å². The number of amides is 1. The number of methoxy groups -OCH3 is 2. The van der Waals surface area contributed by atoms with Crippen molar-refractivity contribution in [3.63, 3.8) is 0 Å². The molecule has 1 aromatic rings. The van der Waals surface area contributed by atoms with Crippen LogP contribution in [0.2, 0.25) is 0 Å². The number of rotatable bonds is 5. The Kier molecular flexibility index (Phi) is 7.47. The molecule has 0 aliphatic heterocycles. The Hall–Kier alpha value is -2.77. The summed E-state index contributed by atoms with van der Waals surface area (Å²) >= 11 is 0. The summed E-state index contributed by atoms with van der Waals surface area (Å²) in [6.45, 7) is 5.44. The van der Waals surface area contributed by atoms with E-state index in [0.717, 1.165) is 0 Å². The summed E-state index contributed by atoms with van der Waals surface area (Å²) in [6, 6.07) is 4.49. The van der Waals surface area contributed by atoms with Crippen LogP contribution in [0, 0.1) is 5.92 Å². The van der Waals surface area contributed by atoms with Gasteiger partial charge in [0.1, 0.15) is 22.7 Å². The lowest BCUT2D eigenvalue weighted by molar-refractivity contribution is -0.140. The van der Waals surface area contributed by atoms with E-state index in [1.165, 1.54) is 32.4 Å². The summed E-state index contributed by atoms with van der Waals surface area (Å²) in [5, 5.41) is 2.85. The van der Waals surface area contributed by atoms with Crippen LogP contribution in [0.5, 0.6) is 11.5 Å². The Bertz CT molecular complexity index is 746. The van der Waals surface area contributed by atoms with Crippen LogP contribution < -0.4 is 14.8 Å². The first-order valence-electron chi connectivity index (χ1n) is 9.60. The van der Waals surface area contributed by atoms with E-state index in [1.54, 1.807) is 0 Å². The molecule has 0 bridgehead atoms. The van der Waals surface area contributed by atoms with Gasteiger partial charge in [-0.15, -0.1) is 0 Å². The average molecular weight is 407 g/mol. The molecule has 0 saturated heterocycles. The molecule has 1 amide bonds. The molecule has 8 nitrogen and oxygen atoms in total. The number of hydrogen-bond donors (Lipinski definition) is 1. The number of carbonyl (C=O) groups excluding carboxylic acids is 3. The van der Waals surface area contributed by atoms with E-state index in [-0.39, 0.29) is 29.2 Å². The van der Waals surface area contributed by atoms with Gasteiger partial charge in [0, 0.05) is 12.1 Å². The summed E-state index contributed by atoms with van der Waals surface area (Å²) in [7, 11) is 2.70. The van der Waals surface area contributed by atoms with Gasteiger partial charge in [-0.25, -0.2) is 9.59 Å². The molecule has 0 spiro atoms. The highest BCUT2D eigenvalue weighted by atomic mass is 16.6. The highest BCUT2D eigenvalue weighted by Crippen LogP contribution is 2.29. The number of hydrogen-bond acceptors (Lipinski definition) is 7. The van der Waals surface area contributed by atoms with E-state index < -0.39 is 17.7 Å². The smallest absolute Gasteiger partial charge is 0.407 e. The van der Waals surface area contributed by atoms with E-state index >= 15 is 0 Å². The van der Waals surface area contributed by atoms with Gasteiger partial charge in [0.25, 0.3) is 0 Å². The topological polar surface area (TPSA) is 100 Å². The van der Waals surface area contributed by atoms with Gasteiger partial charge >= 0.3 is 18.0 Å². The summed E-state index contributed by atoms with van der Waals surface area (Å²) in [5.74, 6) is -0.553. The van der Waals surface area contributed by atoms with E-state index in [9.17, 15) is 14.4 Å². The Morgan fingerprint density at radius 1 is 1.03 bits per heavy atom. The summed E-state index contributed by atoms with van der Waals surface area (Å²) in [4.78, 5) is 36.1. The van der Waals surface area contributed by atoms with Gasteiger partial charge < -0.3 is 24.3 Å². The molecule has 0 radical (unpaired) electrons. The van der Waals surface area contributed by atoms with E-state index in [0.29, 0.717) is 31.4 Å². The van der Waals surface area contributed by atoms with Crippen LogP contribution in [-0.4, -0.2) is 43.9 Å². The lowest BCUT2D eigenvalue weighted by Crippen LogP contribution is -2.41. The van der Waals surface area contributed by atoms with E-state index in [2.05, 4.69) is 5.32 Å². The fourth-order valence-corrected chi connectivity index (χ4v) is 3.16. The van der Waals surface area contributed by atoms with Crippen molar-refractivity contribution in [2.24, 2.45) is 5.92 Å². The van der Waals surface area contributed by atoms with Gasteiger partial charge in [0.2, 0.25) is 0 Å². The summed E-state index contributed by atoms with van der Waals surface area (Å²) in [6.07, 6.45) is 2.11.